The molecule has 2 rings (SSSR count). The average Bonchev–Trinajstić information content (AvgIpc) is 2.74. The summed E-state index contributed by atoms with van der Waals surface area (Å²) >= 11 is 5.20. The van der Waals surface area contributed by atoms with E-state index in [2.05, 4.69) is 76.8 Å². The van der Waals surface area contributed by atoms with E-state index < -0.39 is 0 Å². The third kappa shape index (κ3) is 3.27. The highest BCUT2D eigenvalue weighted by molar-refractivity contribution is 9.11. The first-order chi connectivity index (χ1) is 8.56. The Kier molecular flexibility index (Phi) is 4.30. The van der Waals surface area contributed by atoms with E-state index in [1.807, 2.05) is 0 Å². The minimum atomic E-state index is 0.859. The van der Waals surface area contributed by atoms with Crippen LogP contribution in [0.3, 0.4) is 0 Å². The van der Waals surface area contributed by atoms with Gasteiger partial charge in [0.25, 0.3) is 0 Å². The van der Waals surface area contributed by atoms with Crippen LogP contribution in [0.2, 0.25) is 0 Å². The van der Waals surface area contributed by atoms with Crippen molar-refractivity contribution < 1.29 is 0 Å². The van der Waals surface area contributed by atoms with Crippen molar-refractivity contribution in [1.29, 1.82) is 0 Å². The molecule has 0 aliphatic carbocycles. The molecule has 0 fully saturated rings. The summed E-state index contributed by atoms with van der Waals surface area (Å²) in [6.45, 7) is 2.99. The molecule has 18 heavy (non-hydrogen) atoms. The smallest absolute Gasteiger partial charge is 0.0701 e. The summed E-state index contributed by atoms with van der Waals surface area (Å²) < 4.78 is 1.18. The van der Waals surface area contributed by atoms with Crippen LogP contribution in [0.15, 0.2) is 33.4 Å². The van der Waals surface area contributed by atoms with Gasteiger partial charge in [0.1, 0.15) is 0 Å². The van der Waals surface area contributed by atoms with Crippen LogP contribution in [-0.2, 0) is 6.54 Å². The van der Waals surface area contributed by atoms with E-state index in [0.29, 0.717) is 0 Å². The van der Waals surface area contributed by atoms with E-state index >= 15 is 0 Å². The number of nitrogens with zero attached hydrogens (tertiary/aromatic N) is 1. The molecule has 0 spiro atoms. The first-order valence-electron chi connectivity index (χ1n) is 5.81. The lowest BCUT2D eigenvalue weighted by molar-refractivity contribution is 1.11. The zero-order chi connectivity index (χ0) is 13.1. The van der Waals surface area contributed by atoms with Crippen molar-refractivity contribution in [3.63, 3.8) is 0 Å². The number of thiophene rings is 1. The predicted octanol–water partition coefficient (Wildman–Crippen LogP) is 4.50. The Morgan fingerprint density at radius 3 is 2.67 bits per heavy atom. The second-order valence-electron chi connectivity index (χ2n) is 4.51. The fourth-order valence-corrected chi connectivity index (χ4v) is 3.05. The van der Waals surface area contributed by atoms with Gasteiger partial charge >= 0.3 is 0 Å². The van der Waals surface area contributed by atoms with Gasteiger partial charge in [-0.1, -0.05) is 6.07 Å². The molecule has 96 valence electrons. The summed E-state index contributed by atoms with van der Waals surface area (Å²) in [6.07, 6.45) is 0. The highest BCUT2D eigenvalue weighted by atomic mass is 79.9. The van der Waals surface area contributed by atoms with Crippen LogP contribution in [0.5, 0.6) is 0 Å². The van der Waals surface area contributed by atoms with Crippen molar-refractivity contribution in [3.8, 4) is 0 Å². The number of rotatable bonds is 4. The van der Waals surface area contributed by atoms with Crippen LogP contribution in [0.4, 0.5) is 11.4 Å². The van der Waals surface area contributed by atoms with Gasteiger partial charge in [-0.2, -0.15) is 0 Å². The third-order valence-corrected chi connectivity index (χ3v) is 4.36. The van der Waals surface area contributed by atoms with E-state index in [1.165, 1.54) is 20.6 Å². The van der Waals surface area contributed by atoms with Crippen LogP contribution < -0.4 is 10.2 Å². The van der Waals surface area contributed by atoms with E-state index in [1.54, 1.807) is 11.3 Å². The Morgan fingerprint density at radius 1 is 1.28 bits per heavy atom. The maximum absolute atomic E-state index is 3.48. The average molecular weight is 325 g/mol. The minimum absolute atomic E-state index is 0.859. The normalized spacial score (nSPS) is 10.4. The maximum atomic E-state index is 3.48. The van der Waals surface area contributed by atoms with Crippen LogP contribution >= 0.6 is 27.3 Å². The molecule has 0 aliphatic rings. The molecule has 0 aliphatic heterocycles. The van der Waals surface area contributed by atoms with E-state index in [0.717, 1.165) is 12.2 Å². The standard InChI is InChI=1S/C14H17BrN2S/c1-10-4-5-12(7-13(10)17(2)3)16-8-11-6-14(15)18-9-11/h4-7,9,16H,8H2,1-3H3. The molecule has 0 atom stereocenters. The molecule has 1 aromatic heterocycles. The lowest BCUT2D eigenvalue weighted by atomic mass is 10.1. The molecule has 0 bridgehead atoms. The Balaban J connectivity index is 2.08. The monoisotopic (exact) mass is 324 g/mol. The van der Waals surface area contributed by atoms with E-state index in [9.17, 15) is 0 Å². The van der Waals surface area contributed by atoms with Crippen molar-refractivity contribution in [2.75, 3.05) is 24.3 Å². The van der Waals surface area contributed by atoms with Gasteiger partial charge in [0, 0.05) is 32.0 Å². The number of benzene rings is 1. The molecule has 0 amide bonds. The third-order valence-electron chi connectivity index (χ3n) is 2.81. The number of halogens is 1. The van der Waals surface area contributed by atoms with Gasteiger partial charge in [0.05, 0.1) is 3.79 Å². The highest BCUT2D eigenvalue weighted by Crippen LogP contribution is 2.24. The Bertz CT molecular complexity index is 534. The molecule has 0 saturated carbocycles. The SMILES string of the molecule is Cc1ccc(NCc2csc(Br)c2)cc1N(C)C. The van der Waals surface area contributed by atoms with Gasteiger partial charge in [-0.15, -0.1) is 11.3 Å². The molecule has 1 heterocycles. The largest absolute Gasteiger partial charge is 0.381 e. The van der Waals surface area contributed by atoms with Gasteiger partial charge < -0.3 is 10.2 Å². The molecule has 0 unspecified atom stereocenters. The summed E-state index contributed by atoms with van der Waals surface area (Å²) in [4.78, 5) is 2.14. The maximum Gasteiger partial charge on any atom is 0.0701 e. The summed E-state index contributed by atoms with van der Waals surface area (Å²) in [6, 6.07) is 8.63. The fraction of sp³-hybridized carbons (Fsp3) is 0.286. The van der Waals surface area contributed by atoms with Crippen molar-refractivity contribution in [3.05, 3.63) is 44.6 Å². The number of anilines is 2. The van der Waals surface area contributed by atoms with E-state index in [4.69, 9.17) is 0 Å². The Labute approximate surface area is 121 Å². The second-order valence-corrected chi connectivity index (χ2v) is 6.80. The molecule has 4 heteroatoms. The van der Waals surface area contributed by atoms with Crippen LogP contribution in [-0.4, -0.2) is 14.1 Å². The first-order valence-corrected chi connectivity index (χ1v) is 7.48. The number of nitrogens with one attached hydrogen (secondary N) is 1. The van der Waals surface area contributed by atoms with Gasteiger partial charge in [-0.05, 0) is 57.6 Å². The number of hydrogen-bond donors (Lipinski definition) is 1. The Hall–Kier alpha value is -1.00. The van der Waals surface area contributed by atoms with Crippen LogP contribution in [0.25, 0.3) is 0 Å². The molecular weight excluding hydrogens is 308 g/mol. The molecule has 2 nitrogen and oxygen atoms in total. The van der Waals surface area contributed by atoms with Gasteiger partial charge in [-0.3, -0.25) is 0 Å². The van der Waals surface area contributed by atoms with Crippen molar-refractivity contribution in [1.82, 2.24) is 0 Å². The second kappa shape index (κ2) is 5.76. The lowest BCUT2D eigenvalue weighted by Crippen LogP contribution is -2.10. The summed E-state index contributed by atoms with van der Waals surface area (Å²) in [7, 11) is 4.14. The molecule has 1 aromatic carbocycles. The highest BCUT2D eigenvalue weighted by Gasteiger charge is 2.03. The van der Waals surface area contributed by atoms with Crippen molar-refractivity contribution >= 4 is 38.6 Å². The zero-order valence-electron chi connectivity index (χ0n) is 10.8. The van der Waals surface area contributed by atoms with Gasteiger partial charge in [0.2, 0.25) is 0 Å². The molecule has 1 N–H and O–H groups in total. The van der Waals surface area contributed by atoms with Crippen LogP contribution in [0, 0.1) is 6.92 Å². The number of hydrogen-bond acceptors (Lipinski definition) is 3. The van der Waals surface area contributed by atoms with E-state index in [-0.39, 0.29) is 0 Å². The van der Waals surface area contributed by atoms with Gasteiger partial charge in [-0.25, -0.2) is 0 Å². The first kappa shape index (κ1) is 13.4. The summed E-state index contributed by atoms with van der Waals surface area (Å²) in [5, 5.41) is 5.62. The molecule has 0 radical (unpaired) electrons. The van der Waals surface area contributed by atoms with Crippen molar-refractivity contribution in [2.45, 2.75) is 13.5 Å². The number of aryl methyl sites for hydroxylation is 1. The molecule has 0 saturated heterocycles. The molecular formula is C14H17BrN2S. The Morgan fingerprint density at radius 2 is 2.06 bits per heavy atom. The quantitative estimate of drug-likeness (QED) is 0.890. The lowest BCUT2D eigenvalue weighted by Gasteiger charge is -2.17. The summed E-state index contributed by atoms with van der Waals surface area (Å²) in [5.74, 6) is 0. The predicted molar refractivity (Wildman–Crippen MR) is 84.9 cm³/mol. The van der Waals surface area contributed by atoms with Crippen LogP contribution in [0.1, 0.15) is 11.1 Å². The van der Waals surface area contributed by atoms with Gasteiger partial charge in [0.15, 0.2) is 0 Å². The zero-order valence-corrected chi connectivity index (χ0v) is 13.2. The topological polar surface area (TPSA) is 15.3 Å². The minimum Gasteiger partial charge on any atom is -0.381 e. The summed E-state index contributed by atoms with van der Waals surface area (Å²) in [5.41, 5.74) is 5.01. The fourth-order valence-electron chi connectivity index (χ4n) is 1.84. The van der Waals surface area contributed by atoms with Crippen molar-refractivity contribution in [2.24, 2.45) is 0 Å². The molecule has 2 aromatic rings.